The average Bonchev–Trinajstić information content (AvgIpc) is 3.00. The summed E-state index contributed by atoms with van der Waals surface area (Å²) in [6.45, 7) is 0.448. The van der Waals surface area contributed by atoms with Gasteiger partial charge in [-0.25, -0.2) is 4.39 Å². The zero-order chi connectivity index (χ0) is 17.4. The Morgan fingerprint density at radius 2 is 1.92 bits per heavy atom. The molecule has 1 aliphatic rings. The van der Waals surface area contributed by atoms with Gasteiger partial charge in [-0.1, -0.05) is 24.3 Å². The fourth-order valence-electron chi connectivity index (χ4n) is 3.74. The first-order chi connectivity index (χ1) is 12.2. The number of aryl methyl sites for hydroxylation is 1. The third-order valence-electron chi connectivity index (χ3n) is 4.80. The van der Waals surface area contributed by atoms with Crippen LogP contribution in [-0.4, -0.2) is 19.2 Å². The summed E-state index contributed by atoms with van der Waals surface area (Å²) in [6.07, 6.45) is 1.90. The molecule has 1 aromatic heterocycles. The number of fused-ring (bicyclic) bond motifs is 3. The van der Waals surface area contributed by atoms with Crippen molar-refractivity contribution in [1.82, 2.24) is 4.98 Å². The van der Waals surface area contributed by atoms with Crippen LogP contribution in [0.1, 0.15) is 16.8 Å². The van der Waals surface area contributed by atoms with Crippen LogP contribution in [-0.2, 0) is 24.2 Å². The largest absolute Gasteiger partial charge is 0.497 e. The van der Waals surface area contributed by atoms with Crippen LogP contribution in [0.4, 0.5) is 4.39 Å². The smallest absolute Gasteiger partial charge is 0.127 e. The van der Waals surface area contributed by atoms with E-state index < -0.39 is 0 Å². The Labute approximate surface area is 146 Å². The summed E-state index contributed by atoms with van der Waals surface area (Å²) in [5.74, 6) is 0.216. The van der Waals surface area contributed by atoms with E-state index in [1.165, 1.54) is 22.8 Å². The van der Waals surface area contributed by atoms with Gasteiger partial charge in [0.2, 0.25) is 0 Å². The molecule has 1 N–H and O–H groups in total. The van der Waals surface area contributed by atoms with Crippen molar-refractivity contribution in [3.63, 3.8) is 0 Å². The Bertz CT molecular complexity index is 930. The van der Waals surface area contributed by atoms with Gasteiger partial charge in [-0.3, -0.25) is 0 Å². The van der Waals surface area contributed by atoms with E-state index in [4.69, 9.17) is 9.47 Å². The first-order valence-electron chi connectivity index (χ1n) is 8.37. The summed E-state index contributed by atoms with van der Waals surface area (Å²) < 4.78 is 24.7. The fraction of sp³-hybridized carbons (Fsp3) is 0.238. The van der Waals surface area contributed by atoms with Crippen molar-refractivity contribution in [3.8, 4) is 28.1 Å². The molecule has 4 rings (SSSR count). The van der Waals surface area contributed by atoms with E-state index in [1.807, 2.05) is 6.07 Å². The molecular formula is C21H20FNO2. The van der Waals surface area contributed by atoms with E-state index in [0.29, 0.717) is 12.4 Å². The van der Waals surface area contributed by atoms with Crippen molar-refractivity contribution < 1.29 is 13.9 Å². The highest BCUT2D eigenvalue weighted by molar-refractivity contribution is 5.82. The molecule has 0 aliphatic heterocycles. The van der Waals surface area contributed by atoms with Gasteiger partial charge in [-0.15, -0.1) is 0 Å². The lowest BCUT2D eigenvalue weighted by Crippen LogP contribution is -2.03. The molecule has 3 nitrogen and oxygen atoms in total. The van der Waals surface area contributed by atoms with Gasteiger partial charge in [0, 0.05) is 35.7 Å². The zero-order valence-electron chi connectivity index (χ0n) is 14.4. The molecule has 0 saturated carbocycles. The molecule has 2 aromatic carbocycles. The Morgan fingerprint density at radius 3 is 2.72 bits per heavy atom. The number of hydrogen-bond donors (Lipinski definition) is 1. The van der Waals surface area contributed by atoms with E-state index in [0.717, 1.165) is 35.4 Å². The third-order valence-corrected chi connectivity index (χ3v) is 4.80. The summed E-state index contributed by atoms with van der Waals surface area (Å²) in [5.41, 5.74) is 7.71. The van der Waals surface area contributed by atoms with Gasteiger partial charge in [0.25, 0.3) is 0 Å². The van der Waals surface area contributed by atoms with Crippen LogP contribution in [0.25, 0.3) is 22.4 Å². The number of H-pyrrole nitrogens is 1. The quantitative estimate of drug-likeness (QED) is 0.746. The van der Waals surface area contributed by atoms with E-state index in [1.54, 1.807) is 20.3 Å². The minimum absolute atomic E-state index is 0.302. The lowest BCUT2D eigenvalue weighted by atomic mass is 9.87. The summed E-state index contributed by atoms with van der Waals surface area (Å²) in [6, 6.07) is 13.3. The van der Waals surface area contributed by atoms with Crippen molar-refractivity contribution in [2.45, 2.75) is 19.4 Å². The number of hydrogen-bond acceptors (Lipinski definition) is 2. The molecule has 0 spiro atoms. The number of halogens is 1. The van der Waals surface area contributed by atoms with Crippen LogP contribution in [0.15, 0.2) is 42.5 Å². The Hall–Kier alpha value is -2.59. The van der Waals surface area contributed by atoms with Crippen LogP contribution >= 0.6 is 0 Å². The second kappa shape index (κ2) is 6.37. The maximum atomic E-state index is 14.1. The molecule has 1 heterocycles. The summed E-state index contributed by atoms with van der Waals surface area (Å²) in [4.78, 5) is 3.53. The number of methoxy groups -OCH3 is 2. The molecule has 3 aromatic rings. The van der Waals surface area contributed by atoms with Crippen molar-refractivity contribution >= 4 is 0 Å². The van der Waals surface area contributed by atoms with E-state index in [2.05, 4.69) is 29.2 Å². The van der Waals surface area contributed by atoms with Crippen LogP contribution in [0.3, 0.4) is 0 Å². The Kier molecular flexibility index (Phi) is 4.06. The molecule has 25 heavy (non-hydrogen) atoms. The maximum absolute atomic E-state index is 14.1. The average molecular weight is 337 g/mol. The van der Waals surface area contributed by atoms with Crippen LogP contribution < -0.4 is 4.74 Å². The van der Waals surface area contributed by atoms with Gasteiger partial charge >= 0.3 is 0 Å². The topological polar surface area (TPSA) is 34.2 Å². The third kappa shape index (κ3) is 2.72. The van der Waals surface area contributed by atoms with Gasteiger partial charge in [-0.2, -0.15) is 0 Å². The van der Waals surface area contributed by atoms with Gasteiger partial charge in [0.15, 0.2) is 0 Å². The van der Waals surface area contributed by atoms with Gasteiger partial charge in [-0.05, 0) is 41.7 Å². The molecule has 0 bridgehead atoms. The van der Waals surface area contributed by atoms with Crippen molar-refractivity contribution in [3.05, 3.63) is 65.1 Å². The van der Waals surface area contributed by atoms with Crippen LogP contribution in [0, 0.1) is 5.82 Å². The van der Waals surface area contributed by atoms with E-state index >= 15 is 0 Å². The minimum atomic E-state index is -0.302. The molecule has 128 valence electrons. The monoisotopic (exact) mass is 337 g/mol. The van der Waals surface area contributed by atoms with Gasteiger partial charge in [0.05, 0.1) is 13.7 Å². The summed E-state index contributed by atoms with van der Waals surface area (Å²) in [5, 5.41) is 0. The van der Waals surface area contributed by atoms with Gasteiger partial charge < -0.3 is 14.5 Å². The number of aromatic amines is 1. The molecule has 0 unspecified atom stereocenters. The van der Waals surface area contributed by atoms with Gasteiger partial charge in [0.1, 0.15) is 11.6 Å². The standard InChI is InChI=1S/C21H20FNO2/c1-24-12-19-20(14-9-15(22)11-16(10-14)25-2)18-8-7-13-5-3-4-6-17(13)21(18)23-19/h3-6,9-11,23H,7-8,12H2,1-2H3. The lowest BCUT2D eigenvalue weighted by Gasteiger charge is -2.17. The van der Waals surface area contributed by atoms with Crippen molar-refractivity contribution in [1.29, 1.82) is 0 Å². The predicted octanol–water partition coefficient (Wildman–Crippen LogP) is 4.74. The molecule has 0 saturated heterocycles. The normalized spacial score (nSPS) is 12.6. The fourth-order valence-corrected chi connectivity index (χ4v) is 3.74. The molecule has 0 fully saturated rings. The van der Waals surface area contributed by atoms with E-state index in [9.17, 15) is 4.39 Å². The Balaban J connectivity index is 1.95. The highest BCUT2D eigenvalue weighted by Gasteiger charge is 2.25. The first-order valence-corrected chi connectivity index (χ1v) is 8.37. The molecule has 0 radical (unpaired) electrons. The molecule has 4 heteroatoms. The van der Waals surface area contributed by atoms with Crippen molar-refractivity contribution in [2.75, 3.05) is 14.2 Å². The zero-order valence-corrected chi connectivity index (χ0v) is 14.4. The highest BCUT2D eigenvalue weighted by atomic mass is 19.1. The second-order valence-electron chi connectivity index (χ2n) is 6.30. The highest BCUT2D eigenvalue weighted by Crippen LogP contribution is 2.41. The SMILES string of the molecule is COCc1[nH]c2c(c1-c1cc(F)cc(OC)c1)CCc1ccccc1-2. The maximum Gasteiger partial charge on any atom is 0.127 e. The Morgan fingerprint density at radius 1 is 1.08 bits per heavy atom. The molecule has 0 amide bonds. The summed E-state index contributed by atoms with van der Waals surface area (Å²) in [7, 11) is 3.22. The predicted molar refractivity (Wildman–Crippen MR) is 96.3 cm³/mol. The minimum Gasteiger partial charge on any atom is -0.497 e. The first kappa shape index (κ1) is 15.9. The van der Waals surface area contributed by atoms with Crippen molar-refractivity contribution in [2.24, 2.45) is 0 Å². The number of aromatic nitrogens is 1. The molecular weight excluding hydrogens is 317 g/mol. The lowest BCUT2D eigenvalue weighted by molar-refractivity contribution is 0.182. The summed E-state index contributed by atoms with van der Waals surface area (Å²) >= 11 is 0. The number of rotatable bonds is 4. The number of benzene rings is 2. The molecule has 1 aliphatic carbocycles. The van der Waals surface area contributed by atoms with Crippen LogP contribution in [0.2, 0.25) is 0 Å². The van der Waals surface area contributed by atoms with Crippen LogP contribution in [0.5, 0.6) is 5.75 Å². The molecule has 0 atom stereocenters. The second-order valence-corrected chi connectivity index (χ2v) is 6.30. The number of ether oxygens (including phenoxy) is 2. The number of nitrogens with one attached hydrogen (secondary N) is 1. The van der Waals surface area contributed by atoms with E-state index in [-0.39, 0.29) is 5.82 Å².